The topological polar surface area (TPSA) is 118 Å². The number of benzene rings is 1. The normalized spacial score (nSPS) is 28.1. The van der Waals surface area contributed by atoms with Gasteiger partial charge in [-0.15, -0.1) is 0 Å². The Bertz CT molecular complexity index is 947. The lowest BCUT2D eigenvalue weighted by Gasteiger charge is -2.41. The lowest BCUT2D eigenvalue weighted by Crippen LogP contribution is -2.62. The summed E-state index contributed by atoms with van der Waals surface area (Å²) in [6.45, 7) is 6.19. The maximum Gasteiger partial charge on any atom is 0.410 e. The molecule has 4 atom stereocenters. The smallest absolute Gasteiger partial charge is 0.410 e. The van der Waals surface area contributed by atoms with Crippen molar-refractivity contribution in [2.24, 2.45) is 0 Å². The summed E-state index contributed by atoms with van der Waals surface area (Å²) in [5.41, 5.74) is -0.317. The average molecular weight is 490 g/mol. The van der Waals surface area contributed by atoms with Crippen LogP contribution in [0.25, 0.3) is 0 Å². The zero-order chi connectivity index (χ0) is 25.2. The number of hydrogen-bond donors (Lipinski definition) is 2. The molecule has 2 bridgehead atoms. The van der Waals surface area contributed by atoms with Crippen LogP contribution in [-0.2, 0) is 14.3 Å². The van der Waals surface area contributed by atoms with Gasteiger partial charge in [0.2, 0.25) is 5.91 Å². The highest BCUT2D eigenvalue weighted by molar-refractivity contribution is 6.00. The van der Waals surface area contributed by atoms with Gasteiger partial charge in [0.15, 0.2) is 0 Å². The Kier molecular flexibility index (Phi) is 7.51. The minimum Gasteiger partial charge on any atom is -0.493 e. The summed E-state index contributed by atoms with van der Waals surface area (Å²) in [6, 6.07) is 6.03. The minimum absolute atomic E-state index is 0.00773. The summed E-state index contributed by atoms with van der Waals surface area (Å²) < 4.78 is 17.5. The second-order valence-corrected chi connectivity index (χ2v) is 10.3. The van der Waals surface area contributed by atoms with Crippen molar-refractivity contribution in [1.82, 2.24) is 15.1 Å². The summed E-state index contributed by atoms with van der Waals surface area (Å²) in [7, 11) is 0. The van der Waals surface area contributed by atoms with Crippen molar-refractivity contribution in [3.8, 4) is 5.75 Å². The molecule has 4 rings (SSSR count). The molecule has 10 nitrogen and oxygen atoms in total. The standard InChI is InChI=1S/C25H35N3O7/c1-25(2,3)35-24(32)27-11-12-28-18(15-27)22(30)26-14-21-19(29)9-8-16(34-21)10-13-33-20-7-5-4-6-17(20)23(28)31/h4-7,16,18-19,21,29H,8-15H2,1-3H3,(H,26,30)/t16-,18-,19-,21+/m0/s1. The van der Waals surface area contributed by atoms with Crippen LogP contribution in [0, 0.1) is 0 Å². The van der Waals surface area contributed by atoms with E-state index in [1.807, 2.05) is 0 Å². The molecule has 2 saturated heterocycles. The van der Waals surface area contributed by atoms with Crippen LogP contribution in [0.2, 0.25) is 0 Å². The van der Waals surface area contributed by atoms with Crippen LogP contribution in [0.15, 0.2) is 24.3 Å². The molecule has 3 heterocycles. The summed E-state index contributed by atoms with van der Waals surface area (Å²) in [6.07, 6.45) is -0.0175. The van der Waals surface area contributed by atoms with Gasteiger partial charge in [0.1, 0.15) is 23.5 Å². The molecule has 0 aromatic heterocycles. The molecule has 3 amide bonds. The highest BCUT2D eigenvalue weighted by atomic mass is 16.6. The number of para-hydroxylation sites is 1. The number of amides is 3. The van der Waals surface area contributed by atoms with Crippen LogP contribution < -0.4 is 10.1 Å². The number of nitrogens with zero attached hydrogens (tertiary/aromatic N) is 2. The Balaban J connectivity index is 1.62. The summed E-state index contributed by atoms with van der Waals surface area (Å²) >= 11 is 0. The van der Waals surface area contributed by atoms with Gasteiger partial charge in [-0.1, -0.05) is 12.1 Å². The third kappa shape index (κ3) is 6.05. The highest BCUT2D eigenvalue weighted by Gasteiger charge is 2.40. The van der Waals surface area contributed by atoms with Gasteiger partial charge in [-0.3, -0.25) is 9.59 Å². The fraction of sp³-hybridized carbons (Fsp3) is 0.640. The second-order valence-electron chi connectivity index (χ2n) is 10.3. The Labute approximate surface area is 205 Å². The van der Waals surface area contributed by atoms with Crippen LogP contribution >= 0.6 is 0 Å². The van der Waals surface area contributed by atoms with Crippen molar-refractivity contribution < 1.29 is 33.7 Å². The van der Waals surface area contributed by atoms with Crippen LogP contribution in [0.4, 0.5) is 4.79 Å². The number of carbonyl (C=O) groups excluding carboxylic acids is 3. The lowest BCUT2D eigenvalue weighted by atomic mass is 9.99. The largest absolute Gasteiger partial charge is 0.493 e. The molecule has 1 aromatic carbocycles. The Hall–Kier alpha value is -2.85. The van der Waals surface area contributed by atoms with E-state index in [9.17, 15) is 19.5 Å². The molecular weight excluding hydrogens is 454 g/mol. The number of aliphatic hydroxyl groups excluding tert-OH is 1. The first-order valence-electron chi connectivity index (χ1n) is 12.2. The molecule has 3 aliphatic rings. The number of nitrogens with one attached hydrogen (secondary N) is 1. The molecule has 0 spiro atoms. The number of hydrogen-bond acceptors (Lipinski definition) is 7. The summed E-state index contributed by atoms with van der Waals surface area (Å²) in [5.74, 6) is -0.311. The van der Waals surface area contributed by atoms with E-state index in [1.54, 1.807) is 45.0 Å². The Morgan fingerprint density at radius 1 is 1.14 bits per heavy atom. The molecule has 3 aliphatic heterocycles. The van der Waals surface area contributed by atoms with E-state index < -0.39 is 35.9 Å². The SMILES string of the molecule is CC(C)(C)OC(=O)N1CCN2C(=O)c3ccccc3OCC[C@@H]3CC[C@H](O)[C@@H](CNC(=O)[C@@H]2C1)O3. The van der Waals surface area contributed by atoms with Crippen LogP contribution in [0.1, 0.15) is 50.4 Å². The van der Waals surface area contributed by atoms with E-state index in [4.69, 9.17) is 14.2 Å². The van der Waals surface area contributed by atoms with Gasteiger partial charge < -0.3 is 34.4 Å². The first-order chi connectivity index (χ1) is 16.6. The van der Waals surface area contributed by atoms with Crippen molar-refractivity contribution in [3.05, 3.63) is 29.8 Å². The maximum absolute atomic E-state index is 13.6. The average Bonchev–Trinajstić information content (AvgIpc) is 2.82. The van der Waals surface area contributed by atoms with Gasteiger partial charge in [0.25, 0.3) is 5.91 Å². The molecular formula is C25H35N3O7. The summed E-state index contributed by atoms with van der Waals surface area (Å²) in [5, 5.41) is 13.2. The third-order valence-electron chi connectivity index (χ3n) is 6.47. The van der Waals surface area contributed by atoms with Gasteiger partial charge >= 0.3 is 6.09 Å². The van der Waals surface area contributed by atoms with E-state index in [0.717, 1.165) is 0 Å². The first kappa shape index (κ1) is 25.2. The van der Waals surface area contributed by atoms with Gasteiger partial charge in [0.05, 0.1) is 30.9 Å². The lowest BCUT2D eigenvalue weighted by molar-refractivity contribution is -0.135. The van der Waals surface area contributed by atoms with E-state index >= 15 is 0 Å². The number of rotatable bonds is 0. The zero-order valence-corrected chi connectivity index (χ0v) is 20.6. The Morgan fingerprint density at radius 3 is 2.69 bits per heavy atom. The highest BCUT2D eigenvalue weighted by Crippen LogP contribution is 2.26. The number of aliphatic hydroxyl groups is 1. The zero-order valence-electron chi connectivity index (χ0n) is 20.6. The molecule has 1 aromatic rings. The minimum atomic E-state index is -0.934. The van der Waals surface area contributed by atoms with Gasteiger partial charge in [-0.2, -0.15) is 0 Å². The predicted molar refractivity (Wildman–Crippen MR) is 126 cm³/mol. The first-order valence-corrected chi connectivity index (χ1v) is 12.2. The van der Waals surface area contributed by atoms with Crippen molar-refractivity contribution >= 4 is 17.9 Å². The molecule has 0 aliphatic carbocycles. The molecule has 2 fully saturated rings. The molecule has 2 N–H and O–H groups in total. The predicted octanol–water partition coefficient (Wildman–Crippen LogP) is 1.56. The van der Waals surface area contributed by atoms with E-state index in [2.05, 4.69) is 5.32 Å². The van der Waals surface area contributed by atoms with Crippen LogP contribution in [0.5, 0.6) is 5.75 Å². The van der Waals surface area contributed by atoms with Gasteiger partial charge in [-0.05, 0) is 45.7 Å². The summed E-state index contributed by atoms with van der Waals surface area (Å²) in [4.78, 5) is 42.6. The maximum atomic E-state index is 13.6. The third-order valence-corrected chi connectivity index (χ3v) is 6.47. The van der Waals surface area contributed by atoms with Crippen molar-refractivity contribution in [2.75, 3.05) is 32.8 Å². The van der Waals surface area contributed by atoms with Crippen molar-refractivity contribution in [3.63, 3.8) is 0 Å². The molecule has 192 valence electrons. The number of carbonyl (C=O) groups is 3. The molecule has 35 heavy (non-hydrogen) atoms. The second kappa shape index (κ2) is 10.4. The monoisotopic (exact) mass is 489 g/mol. The van der Waals surface area contributed by atoms with E-state index in [0.29, 0.717) is 37.2 Å². The quantitative estimate of drug-likeness (QED) is 0.568. The van der Waals surface area contributed by atoms with Crippen LogP contribution in [-0.4, -0.2) is 95.6 Å². The van der Waals surface area contributed by atoms with E-state index in [-0.39, 0.29) is 38.2 Å². The van der Waals surface area contributed by atoms with Gasteiger partial charge in [0, 0.05) is 26.1 Å². The molecule has 0 unspecified atom stereocenters. The van der Waals surface area contributed by atoms with Crippen molar-refractivity contribution in [1.29, 1.82) is 0 Å². The van der Waals surface area contributed by atoms with E-state index in [1.165, 1.54) is 9.80 Å². The number of fused-ring (bicyclic) bond motifs is 4. The number of piperazine rings is 1. The fourth-order valence-corrected chi connectivity index (χ4v) is 4.63. The Morgan fingerprint density at radius 2 is 1.91 bits per heavy atom. The molecule has 0 radical (unpaired) electrons. The van der Waals surface area contributed by atoms with Crippen molar-refractivity contribution in [2.45, 2.75) is 70.0 Å². The molecule has 0 saturated carbocycles. The number of ether oxygens (including phenoxy) is 3. The molecule has 10 heteroatoms. The van der Waals surface area contributed by atoms with Gasteiger partial charge in [-0.25, -0.2) is 4.79 Å². The fourth-order valence-electron chi connectivity index (χ4n) is 4.63. The van der Waals surface area contributed by atoms with Crippen LogP contribution in [0.3, 0.4) is 0 Å².